The maximum atomic E-state index is 12.1. The molecule has 5 nitrogen and oxygen atoms in total. The van der Waals surface area contributed by atoms with Crippen LogP contribution in [0.1, 0.15) is 89.5 Å². The first-order valence-corrected chi connectivity index (χ1v) is 14.3. The van der Waals surface area contributed by atoms with Crippen molar-refractivity contribution in [1.82, 2.24) is 4.98 Å². The number of benzene rings is 1. The van der Waals surface area contributed by atoms with Crippen LogP contribution < -0.4 is 5.73 Å². The lowest BCUT2D eigenvalue weighted by Gasteiger charge is -2.06. The Labute approximate surface area is 224 Å². The molecule has 0 saturated heterocycles. The van der Waals surface area contributed by atoms with E-state index in [1.54, 1.807) is 0 Å². The highest BCUT2D eigenvalue weighted by Gasteiger charge is 2.11. The van der Waals surface area contributed by atoms with Crippen molar-refractivity contribution >= 4 is 22.7 Å². The van der Waals surface area contributed by atoms with E-state index in [1.807, 2.05) is 24.3 Å². The number of nitrogen functional groups attached to an aromatic ring is 1. The number of aryl methyl sites for hydroxylation is 1. The highest BCUT2D eigenvalue weighted by Crippen LogP contribution is 2.25. The molecule has 2 rings (SSSR count). The maximum absolute atomic E-state index is 12.1. The molecule has 0 unspecified atom stereocenters. The molecule has 0 atom stereocenters. The number of para-hydroxylation sites is 1. The summed E-state index contributed by atoms with van der Waals surface area (Å²) < 4.78 is 11.0. The zero-order valence-electron chi connectivity index (χ0n) is 22.9. The number of aromatic nitrogens is 1. The number of aromatic amines is 1. The van der Waals surface area contributed by atoms with E-state index in [0.29, 0.717) is 31.9 Å². The molecule has 0 bridgehead atoms. The summed E-state index contributed by atoms with van der Waals surface area (Å²) in [6, 6.07) is 7.95. The van der Waals surface area contributed by atoms with Crippen molar-refractivity contribution in [2.24, 2.45) is 0 Å². The summed E-state index contributed by atoms with van der Waals surface area (Å²) in [4.78, 5) is 15.2. The Bertz CT molecular complexity index is 958. The second kappa shape index (κ2) is 20.3. The molecule has 0 spiro atoms. The van der Waals surface area contributed by atoms with Crippen LogP contribution in [0.5, 0.6) is 0 Å². The molecule has 0 amide bonds. The van der Waals surface area contributed by atoms with Gasteiger partial charge in [-0.3, -0.25) is 4.79 Å². The van der Waals surface area contributed by atoms with E-state index in [2.05, 4.69) is 48.4 Å². The fourth-order valence-electron chi connectivity index (χ4n) is 4.17. The van der Waals surface area contributed by atoms with E-state index in [-0.39, 0.29) is 5.97 Å². The summed E-state index contributed by atoms with van der Waals surface area (Å²) in [7, 11) is 0. The van der Waals surface area contributed by atoms with E-state index in [4.69, 9.17) is 15.2 Å². The van der Waals surface area contributed by atoms with Crippen LogP contribution in [0.2, 0.25) is 0 Å². The molecule has 1 heterocycles. The van der Waals surface area contributed by atoms with Gasteiger partial charge in [0, 0.05) is 42.5 Å². The monoisotopic (exact) mass is 508 g/mol. The third-order valence-corrected chi connectivity index (χ3v) is 6.30. The molecular weight excluding hydrogens is 460 g/mol. The quantitative estimate of drug-likeness (QED) is 0.101. The third-order valence-electron chi connectivity index (χ3n) is 6.30. The Hall–Kier alpha value is -2.79. The van der Waals surface area contributed by atoms with E-state index in [9.17, 15) is 4.79 Å². The lowest BCUT2D eigenvalue weighted by molar-refractivity contribution is -0.144. The second-order valence-corrected chi connectivity index (χ2v) is 9.48. The number of rotatable bonds is 21. The van der Waals surface area contributed by atoms with Crippen molar-refractivity contribution in [1.29, 1.82) is 0 Å². The summed E-state index contributed by atoms with van der Waals surface area (Å²) in [5, 5.41) is 1.07. The molecule has 0 aliphatic rings. The van der Waals surface area contributed by atoms with Crippen LogP contribution in [0.15, 0.2) is 60.7 Å². The largest absolute Gasteiger partial charge is 0.466 e. The van der Waals surface area contributed by atoms with Gasteiger partial charge in [0.2, 0.25) is 0 Å². The van der Waals surface area contributed by atoms with Crippen molar-refractivity contribution in [2.75, 3.05) is 25.6 Å². The minimum absolute atomic E-state index is 0.192. The summed E-state index contributed by atoms with van der Waals surface area (Å²) in [6.45, 7) is 4.04. The Morgan fingerprint density at radius 3 is 2.27 bits per heavy atom. The normalized spacial score (nSPS) is 12.0. The SMILES string of the molecule is CCCCC/C=C\C/C=C\C/C=C\CCCCCOCCCOC(=O)CCc1c(N)[nH]c2ccccc12. The number of nitrogens with one attached hydrogen (secondary N) is 1. The standard InChI is InChI=1S/C32H48N2O3/c1-2-3-4-5-6-7-8-9-10-11-12-13-14-15-16-19-25-36-26-20-27-37-31(35)24-23-29-28-21-17-18-22-30(28)34-32(29)33/h6-7,9-10,12-13,17-18,21-22,34H,2-5,8,11,14-16,19-20,23-27,33H2,1H3/b7-6-,10-9-,13-12-. The molecule has 0 fully saturated rings. The Kier molecular flexibility index (Phi) is 16.7. The number of hydrogen-bond acceptors (Lipinski definition) is 4. The number of allylic oxidation sites excluding steroid dienone is 6. The van der Waals surface area contributed by atoms with E-state index in [0.717, 1.165) is 55.2 Å². The zero-order valence-corrected chi connectivity index (χ0v) is 22.9. The molecule has 2 aromatic rings. The van der Waals surface area contributed by atoms with Crippen molar-refractivity contribution in [3.8, 4) is 0 Å². The third kappa shape index (κ3) is 13.9. The predicted octanol–water partition coefficient (Wildman–Crippen LogP) is 8.22. The van der Waals surface area contributed by atoms with Gasteiger partial charge in [-0.2, -0.15) is 0 Å². The van der Waals surface area contributed by atoms with Gasteiger partial charge in [-0.05, 0) is 57.4 Å². The molecule has 1 aromatic heterocycles. The first-order valence-electron chi connectivity index (χ1n) is 14.3. The molecule has 0 aliphatic heterocycles. The molecule has 0 radical (unpaired) electrons. The fraction of sp³-hybridized carbons (Fsp3) is 0.531. The number of esters is 1. The lowest BCUT2D eigenvalue weighted by Crippen LogP contribution is -2.09. The van der Waals surface area contributed by atoms with Crippen molar-refractivity contribution in [3.05, 3.63) is 66.3 Å². The molecule has 37 heavy (non-hydrogen) atoms. The second-order valence-electron chi connectivity index (χ2n) is 9.48. The summed E-state index contributed by atoms with van der Waals surface area (Å²) >= 11 is 0. The number of fused-ring (bicyclic) bond motifs is 1. The van der Waals surface area contributed by atoms with Gasteiger partial charge in [0.1, 0.15) is 5.82 Å². The number of ether oxygens (including phenoxy) is 2. The average molecular weight is 509 g/mol. The Morgan fingerprint density at radius 1 is 0.838 bits per heavy atom. The highest BCUT2D eigenvalue weighted by atomic mass is 16.5. The smallest absolute Gasteiger partial charge is 0.306 e. The van der Waals surface area contributed by atoms with Gasteiger partial charge in [0.05, 0.1) is 6.61 Å². The number of carbonyl (C=O) groups is 1. The summed E-state index contributed by atoms with van der Waals surface area (Å²) in [5.41, 5.74) is 8.05. The molecule has 204 valence electrons. The van der Waals surface area contributed by atoms with E-state index >= 15 is 0 Å². The van der Waals surface area contributed by atoms with Crippen molar-refractivity contribution in [3.63, 3.8) is 0 Å². The number of nitrogens with two attached hydrogens (primary N) is 1. The average Bonchev–Trinajstić information content (AvgIpc) is 3.23. The number of unbranched alkanes of at least 4 members (excludes halogenated alkanes) is 6. The number of hydrogen-bond donors (Lipinski definition) is 2. The number of H-pyrrole nitrogens is 1. The molecule has 3 N–H and O–H groups in total. The van der Waals surface area contributed by atoms with Gasteiger partial charge in [-0.1, -0.05) is 80.8 Å². The minimum atomic E-state index is -0.192. The predicted molar refractivity (Wildman–Crippen MR) is 157 cm³/mol. The molecule has 0 saturated carbocycles. The summed E-state index contributed by atoms with van der Waals surface area (Å²) in [5.74, 6) is 0.436. The van der Waals surface area contributed by atoms with Gasteiger partial charge in [0.25, 0.3) is 0 Å². The zero-order chi connectivity index (χ0) is 26.4. The minimum Gasteiger partial charge on any atom is -0.466 e. The Balaban J connectivity index is 1.36. The fourth-order valence-corrected chi connectivity index (χ4v) is 4.17. The lowest BCUT2D eigenvalue weighted by atomic mass is 10.1. The number of carbonyl (C=O) groups excluding carboxylic acids is 1. The topological polar surface area (TPSA) is 77.3 Å². The molecule has 0 aliphatic carbocycles. The molecule has 5 heteroatoms. The van der Waals surface area contributed by atoms with Gasteiger partial charge < -0.3 is 20.2 Å². The van der Waals surface area contributed by atoms with E-state index < -0.39 is 0 Å². The number of anilines is 1. The van der Waals surface area contributed by atoms with Crippen LogP contribution in [-0.4, -0.2) is 30.8 Å². The van der Waals surface area contributed by atoms with Crippen LogP contribution >= 0.6 is 0 Å². The molecular formula is C32H48N2O3. The van der Waals surface area contributed by atoms with Crippen molar-refractivity contribution < 1.29 is 14.3 Å². The van der Waals surface area contributed by atoms with Crippen molar-refractivity contribution in [2.45, 2.75) is 90.4 Å². The van der Waals surface area contributed by atoms with Crippen LogP contribution in [-0.2, 0) is 20.7 Å². The maximum Gasteiger partial charge on any atom is 0.306 e. The Morgan fingerprint density at radius 2 is 1.51 bits per heavy atom. The van der Waals surface area contributed by atoms with Gasteiger partial charge in [0.15, 0.2) is 0 Å². The van der Waals surface area contributed by atoms with Gasteiger partial charge in [-0.15, -0.1) is 0 Å². The van der Waals surface area contributed by atoms with Gasteiger partial charge >= 0.3 is 5.97 Å². The molecule has 1 aromatic carbocycles. The van der Waals surface area contributed by atoms with Crippen LogP contribution in [0.4, 0.5) is 5.82 Å². The highest BCUT2D eigenvalue weighted by molar-refractivity contribution is 5.88. The summed E-state index contributed by atoms with van der Waals surface area (Å²) in [6.07, 6.45) is 27.1. The van der Waals surface area contributed by atoms with Crippen LogP contribution in [0.3, 0.4) is 0 Å². The van der Waals surface area contributed by atoms with Gasteiger partial charge in [-0.25, -0.2) is 0 Å². The van der Waals surface area contributed by atoms with E-state index in [1.165, 1.54) is 38.5 Å². The first kappa shape index (κ1) is 30.4. The van der Waals surface area contributed by atoms with Crippen LogP contribution in [0, 0.1) is 0 Å². The van der Waals surface area contributed by atoms with Crippen LogP contribution in [0.25, 0.3) is 10.9 Å². The first-order chi connectivity index (χ1) is 18.2.